The van der Waals surface area contributed by atoms with Crippen molar-refractivity contribution in [2.45, 2.75) is 6.10 Å². The van der Waals surface area contributed by atoms with Crippen molar-refractivity contribution in [1.29, 1.82) is 0 Å². The van der Waals surface area contributed by atoms with Crippen LogP contribution in [0.1, 0.15) is 11.7 Å². The second-order valence-electron chi connectivity index (χ2n) is 2.98. The minimum atomic E-state index is -1.56. The Morgan fingerprint density at radius 3 is 2.87 bits per heavy atom. The monoisotopic (exact) mass is 274 g/mol. The summed E-state index contributed by atoms with van der Waals surface area (Å²) in [7, 11) is 0. The lowest BCUT2D eigenvalue weighted by Crippen LogP contribution is -2.10. The smallest absolute Gasteiger partial charge is 0.337 e. The van der Waals surface area contributed by atoms with E-state index >= 15 is 0 Å². The van der Waals surface area contributed by atoms with Gasteiger partial charge >= 0.3 is 5.97 Å². The largest absolute Gasteiger partial charge is 0.479 e. The third kappa shape index (κ3) is 1.78. The summed E-state index contributed by atoms with van der Waals surface area (Å²) in [5.74, 6) is -0.350. The number of rotatable bonds is 2. The van der Waals surface area contributed by atoms with Gasteiger partial charge in [-0.1, -0.05) is 0 Å². The molecule has 1 aliphatic heterocycles. The molecule has 1 unspecified atom stereocenters. The van der Waals surface area contributed by atoms with Crippen molar-refractivity contribution < 1.29 is 24.5 Å². The van der Waals surface area contributed by atoms with Crippen LogP contribution < -0.4 is 9.47 Å². The third-order valence-corrected chi connectivity index (χ3v) is 2.59. The highest BCUT2D eigenvalue weighted by molar-refractivity contribution is 9.10. The Labute approximate surface area is 93.4 Å². The number of fused-ring (bicyclic) bond motifs is 1. The van der Waals surface area contributed by atoms with Crippen LogP contribution in [0.2, 0.25) is 0 Å². The zero-order valence-electron chi connectivity index (χ0n) is 7.44. The first kappa shape index (κ1) is 10.3. The van der Waals surface area contributed by atoms with Crippen molar-refractivity contribution in [3.8, 4) is 11.5 Å². The molecule has 0 saturated heterocycles. The molecule has 80 valence electrons. The van der Waals surface area contributed by atoms with Gasteiger partial charge in [-0.25, -0.2) is 4.79 Å². The van der Waals surface area contributed by atoms with E-state index in [2.05, 4.69) is 15.9 Å². The Kier molecular flexibility index (Phi) is 2.54. The molecule has 1 atom stereocenters. The van der Waals surface area contributed by atoms with Crippen LogP contribution in [0.5, 0.6) is 11.5 Å². The van der Waals surface area contributed by atoms with Gasteiger partial charge in [-0.05, 0) is 33.6 Å². The lowest BCUT2D eigenvalue weighted by Gasteiger charge is -2.07. The van der Waals surface area contributed by atoms with E-state index in [0.29, 0.717) is 16.0 Å². The summed E-state index contributed by atoms with van der Waals surface area (Å²) in [6, 6.07) is 2.94. The number of benzene rings is 1. The van der Waals surface area contributed by atoms with Crippen LogP contribution in [0.3, 0.4) is 0 Å². The second kappa shape index (κ2) is 3.71. The molecule has 0 fully saturated rings. The van der Waals surface area contributed by atoms with Gasteiger partial charge in [0.1, 0.15) is 0 Å². The maximum atomic E-state index is 10.6. The summed E-state index contributed by atoms with van der Waals surface area (Å²) in [6.45, 7) is 0.0978. The fourth-order valence-corrected chi connectivity index (χ4v) is 1.86. The van der Waals surface area contributed by atoms with E-state index in [1.165, 1.54) is 12.1 Å². The number of aliphatic hydroxyl groups excluding tert-OH is 1. The third-order valence-electron chi connectivity index (χ3n) is 2.00. The van der Waals surface area contributed by atoms with Crippen LogP contribution in [0.15, 0.2) is 16.6 Å². The summed E-state index contributed by atoms with van der Waals surface area (Å²) in [5, 5.41) is 18.0. The first-order valence-electron chi connectivity index (χ1n) is 4.09. The molecule has 1 heterocycles. The molecule has 2 rings (SSSR count). The standard InChI is InChI=1S/C9H7BrO5/c10-5-1-4(7(11)9(12)13)2-6-8(5)15-3-14-6/h1-2,7,11H,3H2,(H,12,13). The van der Waals surface area contributed by atoms with E-state index in [0.717, 1.165) is 0 Å². The van der Waals surface area contributed by atoms with E-state index < -0.39 is 12.1 Å². The average Bonchev–Trinajstić information content (AvgIpc) is 2.64. The minimum absolute atomic E-state index is 0.0978. The molecular weight excluding hydrogens is 268 g/mol. The van der Waals surface area contributed by atoms with Gasteiger partial charge in [0.05, 0.1) is 4.47 Å². The summed E-state index contributed by atoms with van der Waals surface area (Å²) in [4.78, 5) is 10.6. The van der Waals surface area contributed by atoms with Crippen LogP contribution in [-0.2, 0) is 4.79 Å². The van der Waals surface area contributed by atoms with Crippen molar-refractivity contribution in [3.63, 3.8) is 0 Å². The van der Waals surface area contributed by atoms with Gasteiger partial charge < -0.3 is 19.7 Å². The number of halogens is 1. The molecule has 0 amide bonds. The molecule has 0 bridgehead atoms. The average molecular weight is 275 g/mol. The quantitative estimate of drug-likeness (QED) is 0.850. The molecule has 1 aliphatic rings. The minimum Gasteiger partial charge on any atom is -0.479 e. The topological polar surface area (TPSA) is 76.0 Å². The molecule has 5 nitrogen and oxygen atoms in total. The SMILES string of the molecule is O=C(O)C(O)c1cc(Br)c2c(c1)OCO2. The molecule has 2 N–H and O–H groups in total. The van der Waals surface area contributed by atoms with Crippen LogP contribution >= 0.6 is 15.9 Å². The van der Waals surface area contributed by atoms with Gasteiger partial charge in [0.2, 0.25) is 6.79 Å². The lowest BCUT2D eigenvalue weighted by molar-refractivity contribution is -0.146. The van der Waals surface area contributed by atoms with E-state index in [1.807, 2.05) is 0 Å². The van der Waals surface area contributed by atoms with Gasteiger partial charge in [-0.3, -0.25) is 0 Å². The van der Waals surface area contributed by atoms with E-state index in [-0.39, 0.29) is 12.4 Å². The number of ether oxygens (including phenoxy) is 2. The Balaban J connectivity index is 2.43. The predicted octanol–water partition coefficient (Wildman–Crippen LogP) is 1.30. The van der Waals surface area contributed by atoms with Gasteiger partial charge in [0, 0.05) is 0 Å². The maximum Gasteiger partial charge on any atom is 0.337 e. The summed E-state index contributed by atoms with van der Waals surface area (Å²) < 4.78 is 10.8. The number of hydrogen-bond donors (Lipinski definition) is 2. The molecule has 0 aromatic heterocycles. The van der Waals surface area contributed by atoms with Gasteiger partial charge in [-0.15, -0.1) is 0 Å². The van der Waals surface area contributed by atoms with E-state index in [1.54, 1.807) is 0 Å². The fraction of sp³-hybridized carbons (Fsp3) is 0.222. The molecule has 0 saturated carbocycles. The van der Waals surface area contributed by atoms with Crippen molar-refractivity contribution >= 4 is 21.9 Å². The molecule has 6 heteroatoms. The number of aliphatic carboxylic acids is 1. The highest BCUT2D eigenvalue weighted by Gasteiger charge is 2.23. The van der Waals surface area contributed by atoms with Gasteiger partial charge in [0.25, 0.3) is 0 Å². The first-order valence-corrected chi connectivity index (χ1v) is 4.89. The molecule has 0 spiro atoms. The Hall–Kier alpha value is -1.27. The summed E-state index contributed by atoms with van der Waals surface area (Å²) in [6.07, 6.45) is -1.56. The molecule has 1 aromatic carbocycles. The Morgan fingerprint density at radius 1 is 1.47 bits per heavy atom. The predicted molar refractivity (Wildman–Crippen MR) is 52.9 cm³/mol. The van der Waals surface area contributed by atoms with Crippen LogP contribution in [0.4, 0.5) is 0 Å². The van der Waals surface area contributed by atoms with Crippen LogP contribution in [0.25, 0.3) is 0 Å². The molecule has 0 radical (unpaired) electrons. The highest BCUT2D eigenvalue weighted by atomic mass is 79.9. The Bertz CT molecular complexity index is 417. The van der Waals surface area contributed by atoms with Crippen molar-refractivity contribution in [2.75, 3.05) is 6.79 Å². The highest BCUT2D eigenvalue weighted by Crippen LogP contribution is 2.41. The number of aliphatic hydroxyl groups is 1. The summed E-state index contributed by atoms with van der Waals surface area (Å²) >= 11 is 3.21. The van der Waals surface area contributed by atoms with Crippen molar-refractivity contribution in [3.05, 3.63) is 22.2 Å². The molecule has 0 aliphatic carbocycles. The van der Waals surface area contributed by atoms with Crippen LogP contribution in [-0.4, -0.2) is 23.0 Å². The molecule has 1 aromatic rings. The zero-order chi connectivity index (χ0) is 11.0. The van der Waals surface area contributed by atoms with E-state index in [4.69, 9.17) is 14.6 Å². The number of hydrogen-bond acceptors (Lipinski definition) is 4. The Morgan fingerprint density at radius 2 is 2.20 bits per heavy atom. The normalized spacial score (nSPS) is 15.1. The van der Waals surface area contributed by atoms with E-state index in [9.17, 15) is 9.90 Å². The van der Waals surface area contributed by atoms with Gasteiger partial charge in [-0.2, -0.15) is 0 Å². The fourth-order valence-electron chi connectivity index (χ4n) is 1.29. The molecular formula is C9H7BrO5. The summed E-state index contributed by atoms with van der Waals surface area (Å²) in [5.41, 5.74) is 0.249. The molecule has 15 heavy (non-hydrogen) atoms. The van der Waals surface area contributed by atoms with Crippen molar-refractivity contribution in [2.24, 2.45) is 0 Å². The zero-order valence-corrected chi connectivity index (χ0v) is 9.02. The van der Waals surface area contributed by atoms with Crippen molar-refractivity contribution in [1.82, 2.24) is 0 Å². The number of carboxylic acid groups (broad SMARTS) is 1. The maximum absolute atomic E-state index is 10.6. The van der Waals surface area contributed by atoms with Crippen LogP contribution in [0, 0.1) is 0 Å². The van der Waals surface area contributed by atoms with Gasteiger partial charge in [0.15, 0.2) is 17.6 Å². The first-order chi connectivity index (χ1) is 7.09. The lowest BCUT2D eigenvalue weighted by atomic mass is 10.1. The second-order valence-corrected chi connectivity index (χ2v) is 3.83. The number of carboxylic acids is 1. The number of carbonyl (C=O) groups is 1.